The van der Waals surface area contributed by atoms with Gasteiger partial charge in [0.1, 0.15) is 0 Å². The first-order valence-electron chi connectivity index (χ1n) is 8.35. The monoisotopic (exact) mass is 430 g/mol. The lowest BCUT2D eigenvalue weighted by Crippen LogP contribution is -2.41. The van der Waals surface area contributed by atoms with E-state index in [2.05, 4.69) is 29.6 Å². The number of carboxylic acids is 2. The van der Waals surface area contributed by atoms with Gasteiger partial charge >= 0.3 is 24.3 Å². The van der Waals surface area contributed by atoms with Crippen molar-refractivity contribution in [2.75, 3.05) is 13.1 Å². The molecule has 0 amide bonds. The zero-order chi connectivity index (χ0) is 22.5. The van der Waals surface area contributed by atoms with Crippen molar-refractivity contribution in [3.8, 4) is 0 Å². The average Bonchev–Trinajstić information content (AvgIpc) is 2.87. The topological polar surface area (TPSA) is 113 Å². The normalized spacial score (nSPS) is 19.9. The minimum absolute atomic E-state index is 0.260. The Morgan fingerprint density at radius 1 is 0.966 bits per heavy atom. The Hall–Kier alpha value is -2.34. The lowest BCUT2D eigenvalue weighted by atomic mass is 9.73. The first-order valence-corrected chi connectivity index (χ1v) is 8.35. The molecule has 1 fully saturated rings. The molecule has 1 aromatic rings. The summed E-state index contributed by atoms with van der Waals surface area (Å²) in [6.45, 7) is 2.25. The molecule has 0 aromatic heterocycles. The van der Waals surface area contributed by atoms with Gasteiger partial charge in [0.05, 0.1) is 0 Å². The highest BCUT2D eigenvalue weighted by atomic mass is 19.4. The van der Waals surface area contributed by atoms with E-state index >= 15 is 0 Å². The molecule has 0 radical (unpaired) electrons. The summed E-state index contributed by atoms with van der Waals surface area (Å²) in [5.41, 5.74) is 9.65. The van der Waals surface area contributed by atoms with E-state index in [9.17, 15) is 26.3 Å². The zero-order valence-electron chi connectivity index (χ0n) is 15.0. The van der Waals surface area contributed by atoms with Crippen LogP contribution in [0.5, 0.6) is 0 Å². The van der Waals surface area contributed by atoms with Crippen molar-refractivity contribution >= 4 is 11.9 Å². The molecule has 1 unspecified atom stereocenters. The van der Waals surface area contributed by atoms with Crippen LogP contribution in [0.15, 0.2) is 24.3 Å². The SMILES string of the molecule is NC1c2ccccc2CC12CCNCC2.O=C(O)C(F)(F)F.O=C(O)C(F)(F)F. The second-order valence-corrected chi connectivity index (χ2v) is 6.57. The molecule has 0 saturated carbocycles. The molecule has 1 aromatic carbocycles. The van der Waals surface area contributed by atoms with Gasteiger partial charge in [-0.1, -0.05) is 24.3 Å². The van der Waals surface area contributed by atoms with Gasteiger partial charge in [-0.15, -0.1) is 0 Å². The highest BCUT2D eigenvalue weighted by molar-refractivity contribution is 5.73. The third-order valence-corrected chi connectivity index (χ3v) is 4.68. The van der Waals surface area contributed by atoms with Crippen LogP contribution >= 0.6 is 0 Å². The number of benzene rings is 1. The largest absolute Gasteiger partial charge is 0.490 e. The van der Waals surface area contributed by atoms with Gasteiger partial charge < -0.3 is 21.3 Å². The highest BCUT2D eigenvalue weighted by Crippen LogP contribution is 2.49. The number of piperidine rings is 1. The summed E-state index contributed by atoms with van der Waals surface area (Å²) in [6.07, 6.45) is -6.53. The third kappa shape index (κ3) is 6.89. The van der Waals surface area contributed by atoms with Gasteiger partial charge in [0.25, 0.3) is 0 Å². The van der Waals surface area contributed by atoms with Crippen LogP contribution in [0.1, 0.15) is 30.0 Å². The van der Waals surface area contributed by atoms with Crippen molar-refractivity contribution in [3.63, 3.8) is 0 Å². The lowest BCUT2D eigenvalue weighted by molar-refractivity contribution is -0.193. The van der Waals surface area contributed by atoms with Gasteiger partial charge in [-0.2, -0.15) is 26.3 Å². The fraction of sp³-hybridized carbons (Fsp3) is 0.529. The number of hydrogen-bond donors (Lipinski definition) is 4. The molecule has 164 valence electrons. The van der Waals surface area contributed by atoms with E-state index in [0.717, 1.165) is 13.1 Å². The number of hydrogen-bond acceptors (Lipinski definition) is 4. The van der Waals surface area contributed by atoms with E-state index in [1.54, 1.807) is 0 Å². The minimum atomic E-state index is -5.08. The van der Waals surface area contributed by atoms with Crippen molar-refractivity contribution in [2.24, 2.45) is 11.1 Å². The van der Waals surface area contributed by atoms with Crippen LogP contribution in [0.3, 0.4) is 0 Å². The molecule has 29 heavy (non-hydrogen) atoms. The Bertz CT molecular complexity index is 691. The number of aliphatic carboxylic acids is 2. The molecule has 2 aliphatic rings. The minimum Gasteiger partial charge on any atom is -0.475 e. The van der Waals surface area contributed by atoms with Gasteiger partial charge in [0.15, 0.2) is 0 Å². The van der Waals surface area contributed by atoms with Crippen LogP contribution in [-0.4, -0.2) is 47.6 Å². The van der Waals surface area contributed by atoms with Gasteiger partial charge in [-0.05, 0) is 48.9 Å². The molecule has 12 heteroatoms. The standard InChI is InChI=1S/C13H18N2.2C2HF3O2/c14-12-11-4-2-1-3-10(11)9-13(12)5-7-15-8-6-13;2*3-2(4,5)1(6)7/h1-4,12,15H,5-9,14H2;2*(H,6,7). The molecular formula is C17H20F6N2O4. The smallest absolute Gasteiger partial charge is 0.475 e. The predicted molar refractivity (Wildman–Crippen MR) is 89.0 cm³/mol. The first-order chi connectivity index (χ1) is 13.2. The predicted octanol–water partition coefficient (Wildman–Crippen LogP) is 2.88. The van der Waals surface area contributed by atoms with Crippen molar-refractivity contribution in [1.29, 1.82) is 0 Å². The van der Waals surface area contributed by atoms with Gasteiger partial charge in [-0.25, -0.2) is 9.59 Å². The number of fused-ring (bicyclic) bond motifs is 1. The van der Waals surface area contributed by atoms with Crippen molar-refractivity contribution < 1.29 is 46.1 Å². The maximum absolute atomic E-state index is 10.6. The number of nitrogens with one attached hydrogen (secondary N) is 1. The fourth-order valence-electron chi connectivity index (χ4n) is 3.23. The van der Waals surface area contributed by atoms with Crippen molar-refractivity contribution in [3.05, 3.63) is 35.4 Å². The Kier molecular flexibility index (Phi) is 8.04. The molecule has 1 aliphatic heterocycles. The van der Waals surface area contributed by atoms with E-state index in [1.165, 1.54) is 30.4 Å². The maximum atomic E-state index is 10.6. The van der Waals surface area contributed by atoms with E-state index in [0.29, 0.717) is 5.41 Å². The second kappa shape index (κ2) is 9.44. The van der Waals surface area contributed by atoms with E-state index in [1.807, 2.05) is 0 Å². The fourth-order valence-corrected chi connectivity index (χ4v) is 3.23. The quantitative estimate of drug-likeness (QED) is 0.471. The van der Waals surface area contributed by atoms with Crippen LogP contribution in [0.25, 0.3) is 0 Å². The van der Waals surface area contributed by atoms with E-state index in [4.69, 9.17) is 25.5 Å². The van der Waals surface area contributed by atoms with Crippen molar-refractivity contribution in [1.82, 2.24) is 5.32 Å². The summed E-state index contributed by atoms with van der Waals surface area (Å²) >= 11 is 0. The molecule has 1 saturated heterocycles. The first kappa shape index (κ1) is 24.7. The molecule has 0 bridgehead atoms. The van der Waals surface area contributed by atoms with Gasteiger partial charge in [0, 0.05) is 6.04 Å². The molecule has 1 aliphatic carbocycles. The van der Waals surface area contributed by atoms with E-state index in [-0.39, 0.29) is 6.04 Å². The Morgan fingerprint density at radius 2 is 1.38 bits per heavy atom. The summed E-state index contributed by atoms with van der Waals surface area (Å²) in [4.78, 5) is 17.8. The van der Waals surface area contributed by atoms with Crippen LogP contribution in [0.2, 0.25) is 0 Å². The number of halogens is 6. The number of nitrogens with two attached hydrogens (primary N) is 1. The highest BCUT2D eigenvalue weighted by Gasteiger charge is 2.44. The Morgan fingerprint density at radius 3 is 1.76 bits per heavy atom. The molecule has 1 heterocycles. The number of carbonyl (C=O) groups is 2. The molecule has 6 nitrogen and oxygen atoms in total. The van der Waals surface area contributed by atoms with E-state index < -0.39 is 24.3 Å². The summed E-state index contributed by atoms with van der Waals surface area (Å²) in [7, 11) is 0. The molecule has 1 atom stereocenters. The molecule has 5 N–H and O–H groups in total. The number of rotatable bonds is 0. The number of carboxylic acid groups (broad SMARTS) is 2. The average molecular weight is 430 g/mol. The second-order valence-electron chi connectivity index (χ2n) is 6.57. The van der Waals surface area contributed by atoms with Crippen LogP contribution < -0.4 is 11.1 Å². The van der Waals surface area contributed by atoms with Crippen LogP contribution in [-0.2, 0) is 16.0 Å². The van der Waals surface area contributed by atoms with Gasteiger partial charge in [-0.3, -0.25) is 0 Å². The third-order valence-electron chi connectivity index (χ3n) is 4.68. The Labute approximate surface area is 161 Å². The zero-order valence-corrected chi connectivity index (χ0v) is 15.0. The molecule has 3 rings (SSSR count). The molecule has 1 spiro atoms. The van der Waals surface area contributed by atoms with Crippen molar-refractivity contribution in [2.45, 2.75) is 37.7 Å². The lowest BCUT2D eigenvalue weighted by Gasteiger charge is -2.37. The maximum Gasteiger partial charge on any atom is 0.490 e. The van der Waals surface area contributed by atoms with Crippen LogP contribution in [0, 0.1) is 5.41 Å². The summed E-state index contributed by atoms with van der Waals surface area (Å²) in [5, 5.41) is 17.7. The van der Waals surface area contributed by atoms with Crippen LogP contribution in [0.4, 0.5) is 26.3 Å². The summed E-state index contributed by atoms with van der Waals surface area (Å²) < 4.78 is 63.5. The number of alkyl halides is 6. The summed E-state index contributed by atoms with van der Waals surface area (Å²) in [5.74, 6) is -5.51. The molecular weight excluding hydrogens is 410 g/mol. The Balaban J connectivity index is 0.000000255. The summed E-state index contributed by atoms with van der Waals surface area (Å²) in [6, 6.07) is 8.95. The van der Waals surface area contributed by atoms with Gasteiger partial charge in [0.2, 0.25) is 0 Å².